The Bertz CT molecular complexity index is 233. The Labute approximate surface area is 92.4 Å². The molecule has 0 aromatic carbocycles. The minimum atomic E-state index is -0.540. The van der Waals surface area contributed by atoms with Crippen molar-refractivity contribution in [3.8, 4) is 0 Å². The molecule has 1 aliphatic rings. The van der Waals surface area contributed by atoms with Crippen molar-refractivity contribution >= 4 is 29.4 Å². The molecule has 0 saturated carbocycles. The van der Waals surface area contributed by atoms with Gasteiger partial charge in [-0.2, -0.15) is 4.99 Å². The van der Waals surface area contributed by atoms with Crippen molar-refractivity contribution in [3.63, 3.8) is 0 Å². The zero-order valence-electron chi connectivity index (χ0n) is 9.06. The van der Waals surface area contributed by atoms with E-state index in [1.807, 2.05) is 4.90 Å². The quantitative estimate of drug-likeness (QED) is 0.293. The van der Waals surface area contributed by atoms with Crippen LogP contribution in [-0.2, 0) is 4.52 Å². The van der Waals surface area contributed by atoms with Gasteiger partial charge >= 0.3 is 6.09 Å². The van der Waals surface area contributed by atoms with Gasteiger partial charge in [0.1, 0.15) is 8.96 Å². The molecule has 84 valence electrons. The molecule has 15 heavy (non-hydrogen) atoms. The van der Waals surface area contributed by atoms with E-state index in [2.05, 4.69) is 21.9 Å². The van der Waals surface area contributed by atoms with Gasteiger partial charge in [-0.25, -0.2) is 4.79 Å². The molecule has 0 aromatic heterocycles. The van der Waals surface area contributed by atoms with Crippen LogP contribution in [0.3, 0.4) is 0 Å². The molecule has 0 bridgehead atoms. The average molecular weight is 230 g/mol. The smallest absolute Gasteiger partial charge is 0.415 e. The molecule has 0 aromatic rings. The lowest BCUT2D eigenvalue weighted by Crippen LogP contribution is -2.43. The summed E-state index contributed by atoms with van der Waals surface area (Å²) in [5, 5.41) is 0. The van der Waals surface area contributed by atoms with Crippen molar-refractivity contribution in [2.45, 2.75) is 0 Å². The summed E-state index contributed by atoms with van der Waals surface area (Å²) in [6.45, 7) is 3.81. The van der Waals surface area contributed by atoms with Crippen LogP contribution in [0.1, 0.15) is 0 Å². The van der Waals surface area contributed by atoms with Crippen molar-refractivity contribution in [3.05, 3.63) is 0 Å². The Hall–Kier alpha value is -0.645. The summed E-state index contributed by atoms with van der Waals surface area (Å²) < 4.78 is 4.75. The first kappa shape index (κ1) is 12.4. The molecule has 1 rings (SSSR count). The van der Waals surface area contributed by atoms with Gasteiger partial charge in [0.15, 0.2) is 7.98 Å². The van der Waals surface area contributed by atoms with E-state index >= 15 is 0 Å². The van der Waals surface area contributed by atoms with Crippen LogP contribution in [0.25, 0.3) is 0 Å². The van der Waals surface area contributed by atoms with Crippen LogP contribution in [0.2, 0.25) is 0 Å². The van der Waals surface area contributed by atoms with Gasteiger partial charge in [0.2, 0.25) is 0 Å². The molecule has 0 spiro atoms. The molecule has 0 radical (unpaired) electrons. The highest BCUT2D eigenvalue weighted by Gasteiger charge is 2.10. The number of piperazine rings is 1. The number of aliphatic imine (C=N–C) groups is 1. The van der Waals surface area contributed by atoms with Gasteiger partial charge in [0, 0.05) is 26.2 Å². The summed E-state index contributed by atoms with van der Waals surface area (Å²) in [5.41, 5.74) is 0. The molecule has 1 fully saturated rings. The van der Waals surface area contributed by atoms with Crippen molar-refractivity contribution in [2.24, 2.45) is 4.99 Å². The minimum absolute atomic E-state index is 0.0299. The molecule has 6 nitrogen and oxygen atoms in total. The molecular formula is C7H16BN4O2P. The summed E-state index contributed by atoms with van der Waals surface area (Å²) in [7, 11) is 3.77. The highest BCUT2D eigenvalue weighted by molar-refractivity contribution is 7.32. The third-order valence-electron chi connectivity index (χ3n) is 2.10. The number of hydrogen-bond donors (Lipinski definition) is 1. The number of likely N-dealkylation sites (N-methyl/N-ethyl adjacent to an activating group) is 1. The van der Waals surface area contributed by atoms with E-state index in [4.69, 9.17) is 4.52 Å². The maximum atomic E-state index is 11.0. The van der Waals surface area contributed by atoms with E-state index in [1.165, 1.54) is 0 Å². The van der Waals surface area contributed by atoms with Crippen LogP contribution in [0.15, 0.2) is 4.99 Å². The summed E-state index contributed by atoms with van der Waals surface area (Å²) in [6, 6.07) is 0. The fraction of sp³-hybridized carbons (Fsp3) is 0.714. The number of carbonyl (C=O) groups excluding carboxylic acids is 1. The largest absolute Gasteiger partial charge is 0.438 e. The number of rotatable bonds is 3. The number of nitrogens with one attached hydrogen (secondary N) is 1. The Kier molecular flexibility index (Phi) is 5.61. The van der Waals surface area contributed by atoms with Gasteiger partial charge in [-0.3, -0.25) is 0 Å². The lowest BCUT2D eigenvalue weighted by molar-refractivity contribution is 0.211. The Morgan fingerprint density at radius 1 is 1.53 bits per heavy atom. The Morgan fingerprint density at radius 2 is 2.20 bits per heavy atom. The molecule has 1 aliphatic heterocycles. The summed E-state index contributed by atoms with van der Waals surface area (Å²) in [4.78, 5) is 21.7. The number of hydrogen-bond acceptors (Lipinski definition) is 4. The van der Waals surface area contributed by atoms with E-state index in [0.717, 1.165) is 26.2 Å². The normalized spacial score (nSPS) is 19.1. The molecule has 1 saturated heterocycles. The number of carbonyl (C=O) groups is 1. The molecule has 0 aliphatic carbocycles. The highest BCUT2D eigenvalue weighted by Crippen LogP contribution is 2.04. The fourth-order valence-corrected chi connectivity index (χ4v) is 1.43. The van der Waals surface area contributed by atoms with Crippen molar-refractivity contribution in [1.82, 2.24) is 14.8 Å². The van der Waals surface area contributed by atoms with E-state index < -0.39 is 6.09 Å². The van der Waals surface area contributed by atoms with E-state index in [1.54, 1.807) is 14.3 Å². The predicted molar refractivity (Wildman–Crippen MR) is 64.0 cm³/mol. The lowest BCUT2D eigenvalue weighted by Gasteiger charge is -2.30. The third-order valence-corrected chi connectivity index (χ3v) is 2.59. The Balaban J connectivity index is 2.22. The first-order valence-electron chi connectivity index (χ1n) is 4.81. The number of nitrogens with zero attached hydrogens (tertiary/aromatic N) is 3. The zero-order chi connectivity index (χ0) is 11.1. The fourth-order valence-electron chi connectivity index (χ4n) is 1.19. The standard InChI is InChI=1S/C7H16BN4O2P/c1-11-2-4-12(5-3-11)6-9-7(13)14-15-10-8/h6,10,15H,2-5,8H2,1H3/b9-6+. The highest BCUT2D eigenvalue weighted by atomic mass is 31.1. The van der Waals surface area contributed by atoms with Crippen LogP contribution < -0.4 is 5.00 Å². The molecule has 1 atom stereocenters. The van der Waals surface area contributed by atoms with Crippen LogP contribution in [0, 0.1) is 0 Å². The second kappa shape index (κ2) is 6.77. The first-order valence-corrected chi connectivity index (χ1v) is 5.72. The summed E-state index contributed by atoms with van der Waals surface area (Å²) in [6.07, 6.45) is 1.02. The van der Waals surface area contributed by atoms with Crippen LogP contribution in [-0.4, -0.2) is 63.4 Å². The maximum absolute atomic E-state index is 11.0. The molecule has 1 heterocycles. The van der Waals surface area contributed by atoms with Crippen molar-refractivity contribution < 1.29 is 9.32 Å². The number of amides is 1. The zero-order valence-corrected chi connectivity index (χ0v) is 10.1. The SMILES string of the molecule is BNPOC(=O)/N=C/N1CCN(C)CC1. The monoisotopic (exact) mass is 230 g/mol. The van der Waals surface area contributed by atoms with Crippen LogP contribution >= 0.6 is 8.96 Å². The topological polar surface area (TPSA) is 57.2 Å². The van der Waals surface area contributed by atoms with Gasteiger partial charge in [-0.15, -0.1) is 0 Å². The maximum Gasteiger partial charge on any atom is 0.438 e. The van der Waals surface area contributed by atoms with E-state index in [-0.39, 0.29) is 8.96 Å². The molecular weight excluding hydrogens is 214 g/mol. The predicted octanol–water partition coefficient (Wildman–Crippen LogP) is -0.955. The first-order chi connectivity index (χ1) is 7.22. The molecule has 1 unspecified atom stereocenters. The van der Waals surface area contributed by atoms with Gasteiger partial charge in [0.25, 0.3) is 0 Å². The summed E-state index contributed by atoms with van der Waals surface area (Å²) >= 11 is 0. The molecule has 8 heteroatoms. The van der Waals surface area contributed by atoms with E-state index in [9.17, 15) is 4.79 Å². The van der Waals surface area contributed by atoms with Crippen molar-refractivity contribution in [1.29, 1.82) is 0 Å². The van der Waals surface area contributed by atoms with Crippen LogP contribution in [0.5, 0.6) is 0 Å². The molecule has 1 amide bonds. The second-order valence-corrected chi connectivity index (χ2v) is 4.21. The van der Waals surface area contributed by atoms with Gasteiger partial charge in [0.05, 0.1) is 6.34 Å². The van der Waals surface area contributed by atoms with Crippen LogP contribution in [0.4, 0.5) is 4.79 Å². The van der Waals surface area contributed by atoms with Gasteiger partial charge < -0.3 is 19.3 Å². The second-order valence-electron chi connectivity index (χ2n) is 3.30. The Morgan fingerprint density at radius 3 is 2.80 bits per heavy atom. The average Bonchev–Trinajstić information content (AvgIpc) is 2.25. The minimum Gasteiger partial charge on any atom is -0.415 e. The van der Waals surface area contributed by atoms with Crippen molar-refractivity contribution in [2.75, 3.05) is 33.2 Å². The van der Waals surface area contributed by atoms with E-state index in [0.29, 0.717) is 0 Å². The summed E-state index contributed by atoms with van der Waals surface area (Å²) in [5.74, 6) is 0. The molecule has 1 N–H and O–H groups in total. The van der Waals surface area contributed by atoms with Gasteiger partial charge in [-0.1, -0.05) is 0 Å². The lowest BCUT2D eigenvalue weighted by atomic mass is 10.4. The van der Waals surface area contributed by atoms with Gasteiger partial charge in [-0.05, 0) is 7.05 Å². The third kappa shape index (κ3) is 5.11.